The third-order valence-electron chi connectivity index (χ3n) is 3.84. The molecule has 0 saturated carbocycles. The summed E-state index contributed by atoms with van der Waals surface area (Å²) < 4.78 is 1.31. The van der Waals surface area contributed by atoms with Gasteiger partial charge in [0.15, 0.2) is 0 Å². The highest BCUT2D eigenvalue weighted by Gasteiger charge is 2.11. The van der Waals surface area contributed by atoms with Crippen molar-refractivity contribution in [1.82, 2.24) is 5.32 Å². The molecular weight excluding hydrogens is 334 g/mol. The van der Waals surface area contributed by atoms with Gasteiger partial charge in [0.1, 0.15) is 0 Å². The van der Waals surface area contributed by atoms with E-state index in [1.54, 1.807) is 23.1 Å². The van der Waals surface area contributed by atoms with Crippen molar-refractivity contribution in [3.63, 3.8) is 0 Å². The van der Waals surface area contributed by atoms with Crippen molar-refractivity contribution >= 4 is 39.1 Å². The van der Waals surface area contributed by atoms with Gasteiger partial charge < -0.3 is 5.32 Å². The van der Waals surface area contributed by atoms with E-state index in [-0.39, 0.29) is 11.9 Å². The van der Waals surface area contributed by atoms with Crippen LogP contribution in [0.3, 0.4) is 0 Å². The van der Waals surface area contributed by atoms with Crippen LogP contribution in [0.4, 0.5) is 0 Å². The zero-order valence-electron chi connectivity index (χ0n) is 13.7. The fourth-order valence-electron chi connectivity index (χ4n) is 2.72. The van der Waals surface area contributed by atoms with Crippen molar-refractivity contribution in [3.05, 3.63) is 71.1 Å². The molecule has 1 aromatic heterocycles. The second-order valence-corrected chi connectivity index (χ2v) is 7.81. The molecule has 2 nitrogen and oxygen atoms in total. The second kappa shape index (κ2) is 8.36. The Morgan fingerprint density at radius 2 is 1.88 bits per heavy atom. The molecule has 0 bridgehead atoms. The Hall–Kier alpha value is -1.78. The first-order chi connectivity index (χ1) is 11.7. The summed E-state index contributed by atoms with van der Waals surface area (Å²) in [7, 11) is 0. The number of hydrogen-bond acceptors (Lipinski definition) is 3. The van der Waals surface area contributed by atoms with Gasteiger partial charge >= 0.3 is 0 Å². The maximum atomic E-state index is 12.1. The average molecular weight is 356 g/mol. The number of benzene rings is 2. The second-order valence-electron chi connectivity index (χ2n) is 5.91. The van der Waals surface area contributed by atoms with E-state index in [1.807, 2.05) is 18.2 Å². The van der Waals surface area contributed by atoms with Crippen molar-refractivity contribution in [2.75, 3.05) is 5.75 Å². The predicted octanol–water partition coefficient (Wildman–Crippen LogP) is 4.88. The number of hydrogen-bond donors (Lipinski definition) is 1. The fourth-order valence-corrected chi connectivity index (χ4v) is 4.50. The van der Waals surface area contributed by atoms with E-state index < -0.39 is 0 Å². The van der Waals surface area contributed by atoms with Crippen molar-refractivity contribution < 1.29 is 4.79 Å². The highest BCUT2D eigenvalue weighted by atomic mass is 32.2. The SMILES string of the molecule is C[C@@H](Cc1csc2ccccc12)NC(=O)CSCc1ccccc1. The number of nitrogens with one attached hydrogen (secondary N) is 1. The summed E-state index contributed by atoms with van der Waals surface area (Å²) in [5.74, 6) is 1.49. The first kappa shape index (κ1) is 17.1. The summed E-state index contributed by atoms with van der Waals surface area (Å²) in [6, 6.07) is 18.8. The van der Waals surface area contributed by atoms with Gasteiger partial charge in [-0.1, -0.05) is 48.5 Å². The van der Waals surface area contributed by atoms with Gasteiger partial charge in [-0.3, -0.25) is 4.79 Å². The van der Waals surface area contributed by atoms with Crippen LogP contribution in [-0.4, -0.2) is 17.7 Å². The molecule has 0 aliphatic rings. The van der Waals surface area contributed by atoms with Crippen LogP contribution in [0.1, 0.15) is 18.1 Å². The van der Waals surface area contributed by atoms with Gasteiger partial charge in [-0.15, -0.1) is 23.1 Å². The van der Waals surface area contributed by atoms with Crippen LogP contribution < -0.4 is 5.32 Å². The summed E-state index contributed by atoms with van der Waals surface area (Å²) in [6.45, 7) is 2.08. The van der Waals surface area contributed by atoms with Crippen LogP contribution in [0.2, 0.25) is 0 Å². The zero-order valence-corrected chi connectivity index (χ0v) is 15.3. The Kier molecular flexibility index (Phi) is 5.94. The first-order valence-electron chi connectivity index (χ1n) is 8.08. The minimum absolute atomic E-state index is 0.114. The number of thioether (sulfide) groups is 1. The number of thiophene rings is 1. The molecule has 4 heteroatoms. The van der Waals surface area contributed by atoms with Crippen molar-refractivity contribution in [2.45, 2.75) is 25.1 Å². The topological polar surface area (TPSA) is 29.1 Å². The summed E-state index contributed by atoms with van der Waals surface area (Å²) in [5.41, 5.74) is 2.58. The van der Waals surface area contributed by atoms with Crippen molar-refractivity contribution in [1.29, 1.82) is 0 Å². The molecule has 0 spiro atoms. The van der Waals surface area contributed by atoms with Gasteiger partial charge in [0.25, 0.3) is 0 Å². The molecule has 3 aromatic rings. The quantitative estimate of drug-likeness (QED) is 0.654. The van der Waals surface area contributed by atoms with Crippen LogP contribution in [0.15, 0.2) is 60.0 Å². The standard InChI is InChI=1S/C20H21NOS2/c1-15(11-17-13-24-19-10-6-5-9-18(17)19)21-20(22)14-23-12-16-7-3-2-4-8-16/h2-10,13,15H,11-12,14H2,1H3,(H,21,22)/t15-/m0/s1. The molecule has 0 saturated heterocycles. The number of carbonyl (C=O) groups excluding carboxylic acids is 1. The zero-order chi connectivity index (χ0) is 16.8. The van der Waals surface area contributed by atoms with E-state index in [0.717, 1.165) is 12.2 Å². The molecule has 24 heavy (non-hydrogen) atoms. The van der Waals surface area contributed by atoms with Gasteiger partial charge in [0.05, 0.1) is 5.75 Å². The largest absolute Gasteiger partial charge is 0.353 e. The lowest BCUT2D eigenvalue weighted by Crippen LogP contribution is -2.35. The Labute approximate surface area is 151 Å². The number of rotatable bonds is 7. The summed E-state index contributed by atoms with van der Waals surface area (Å²) in [5, 5.41) is 6.63. The highest BCUT2D eigenvalue weighted by molar-refractivity contribution is 7.99. The highest BCUT2D eigenvalue weighted by Crippen LogP contribution is 2.26. The lowest BCUT2D eigenvalue weighted by Gasteiger charge is -2.13. The normalized spacial score (nSPS) is 12.2. The van der Waals surface area contributed by atoms with Gasteiger partial charge in [-0.25, -0.2) is 0 Å². The molecule has 0 unspecified atom stereocenters. The number of fused-ring (bicyclic) bond motifs is 1. The molecule has 1 N–H and O–H groups in total. The van der Waals surface area contributed by atoms with Crippen molar-refractivity contribution in [2.24, 2.45) is 0 Å². The molecule has 1 atom stereocenters. The molecule has 124 valence electrons. The third kappa shape index (κ3) is 4.62. The van der Waals surface area contributed by atoms with Crippen LogP contribution in [0.5, 0.6) is 0 Å². The Bertz CT molecular complexity index is 798. The lowest BCUT2D eigenvalue weighted by molar-refractivity contribution is -0.119. The molecule has 0 fully saturated rings. The smallest absolute Gasteiger partial charge is 0.230 e. The maximum Gasteiger partial charge on any atom is 0.230 e. The maximum absolute atomic E-state index is 12.1. The van der Waals surface area contributed by atoms with E-state index in [1.165, 1.54) is 21.2 Å². The molecule has 0 aliphatic heterocycles. The lowest BCUT2D eigenvalue weighted by atomic mass is 10.1. The average Bonchev–Trinajstić information content (AvgIpc) is 2.99. The Balaban J connectivity index is 1.46. The molecule has 0 aliphatic carbocycles. The minimum Gasteiger partial charge on any atom is -0.353 e. The monoisotopic (exact) mass is 355 g/mol. The van der Waals surface area contributed by atoms with Gasteiger partial charge in [-0.2, -0.15) is 0 Å². The predicted molar refractivity (Wildman–Crippen MR) is 106 cm³/mol. The Morgan fingerprint density at radius 3 is 2.71 bits per heavy atom. The number of carbonyl (C=O) groups is 1. The summed E-state index contributed by atoms with van der Waals surface area (Å²) in [4.78, 5) is 12.1. The van der Waals surface area contributed by atoms with Crippen LogP contribution in [-0.2, 0) is 17.0 Å². The first-order valence-corrected chi connectivity index (χ1v) is 10.1. The van der Waals surface area contributed by atoms with E-state index in [9.17, 15) is 4.79 Å². The molecule has 1 amide bonds. The van der Waals surface area contributed by atoms with E-state index in [2.05, 4.69) is 54.0 Å². The van der Waals surface area contributed by atoms with Crippen LogP contribution >= 0.6 is 23.1 Å². The number of amides is 1. The van der Waals surface area contributed by atoms with Crippen LogP contribution in [0.25, 0.3) is 10.1 Å². The van der Waals surface area contributed by atoms with E-state index >= 15 is 0 Å². The fraction of sp³-hybridized carbons (Fsp3) is 0.250. The minimum atomic E-state index is 0.114. The molecule has 0 radical (unpaired) electrons. The summed E-state index contributed by atoms with van der Waals surface area (Å²) in [6.07, 6.45) is 0.874. The third-order valence-corrected chi connectivity index (χ3v) is 5.86. The molecule has 2 aromatic carbocycles. The van der Waals surface area contributed by atoms with Gasteiger partial charge in [0, 0.05) is 16.5 Å². The van der Waals surface area contributed by atoms with Gasteiger partial charge in [-0.05, 0) is 41.3 Å². The van der Waals surface area contributed by atoms with E-state index in [4.69, 9.17) is 0 Å². The molecule has 1 heterocycles. The van der Waals surface area contributed by atoms with Crippen molar-refractivity contribution in [3.8, 4) is 0 Å². The van der Waals surface area contributed by atoms with Crippen LogP contribution in [0, 0.1) is 0 Å². The molecular formula is C20H21NOS2. The Morgan fingerprint density at radius 1 is 1.12 bits per heavy atom. The molecule has 3 rings (SSSR count). The van der Waals surface area contributed by atoms with E-state index in [0.29, 0.717) is 5.75 Å². The van der Waals surface area contributed by atoms with Gasteiger partial charge in [0.2, 0.25) is 5.91 Å². The summed E-state index contributed by atoms with van der Waals surface area (Å²) >= 11 is 3.43.